The first-order valence-corrected chi connectivity index (χ1v) is 6.78. The van der Waals surface area contributed by atoms with Crippen LogP contribution in [-0.4, -0.2) is 13.1 Å². The molecular weight excluding hydrogens is 219 g/mol. The van der Waals surface area contributed by atoms with Gasteiger partial charge in [-0.1, -0.05) is 51.4 Å². The number of rotatable bonds is 4. The van der Waals surface area contributed by atoms with E-state index in [0.29, 0.717) is 0 Å². The predicted molar refractivity (Wildman–Crippen MR) is 80.6 cm³/mol. The Morgan fingerprint density at radius 3 is 2.17 bits per heavy atom. The van der Waals surface area contributed by atoms with Gasteiger partial charge in [0.05, 0.1) is 5.60 Å². The van der Waals surface area contributed by atoms with E-state index in [-0.39, 0.29) is 11.0 Å². The van der Waals surface area contributed by atoms with E-state index >= 15 is 0 Å². The van der Waals surface area contributed by atoms with Gasteiger partial charge in [-0.05, 0) is 43.7 Å². The van der Waals surface area contributed by atoms with E-state index in [2.05, 4.69) is 66.7 Å². The summed E-state index contributed by atoms with van der Waals surface area (Å²) in [5.74, 6) is 0. The zero-order chi connectivity index (χ0) is 14.0. The number of hydrogen-bond acceptors (Lipinski definition) is 1. The van der Waals surface area contributed by atoms with Crippen molar-refractivity contribution < 1.29 is 4.65 Å². The lowest BCUT2D eigenvalue weighted by molar-refractivity contribution is 0.00504. The molecule has 0 aliphatic carbocycles. The molecule has 18 heavy (non-hydrogen) atoms. The molecule has 0 bridgehead atoms. The fourth-order valence-corrected chi connectivity index (χ4v) is 1.58. The highest BCUT2D eigenvalue weighted by atomic mass is 16.5. The summed E-state index contributed by atoms with van der Waals surface area (Å²) in [4.78, 5) is 0. The number of aryl methyl sites for hydroxylation is 2. The van der Waals surface area contributed by atoms with Crippen LogP contribution in [0.25, 0.3) is 0 Å². The van der Waals surface area contributed by atoms with Gasteiger partial charge in [-0.25, -0.2) is 0 Å². The summed E-state index contributed by atoms with van der Waals surface area (Å²) in [6.45, 7) is 15.2. The Morgan fingerprint density at radius 2 is 1.72 bits per heavy atom. The monoisotopic (exact) mass is 245 g/mol. The first-order valence-electron chi connectivity index (χ1n) is 6.78. The Bertz CT molecular complexity index is 402. The minimum absolute atomic E-state index is 0.113. The van der Waals surface area contributed by atoms with Crippen molar-refractivity contribution in [1.29, 1.82) is 0 Å². The minimum atomic E-state index is -0.176. The van der Waals surface area contributed by atoms with Crippen LogP contribution < -0.4 is 5.46 Å². The van der Waals surface area contributed by atoms with Gasteiger partial charge in [0.15, 0.2) is 0 Å². The molecule has 0 heterocycles. The standard InChI is InChI=1S/C16H26BO/c1-8-13-9-10-14(11-12(13)2)17-18-16(6,7)15(3,4)5/h9-11H,8H2,1-7H3. The van der Waals surface area contributed by atoms with Crippen LogP contribution in [0.3, 0.4) is 0 Å². The van der Waals surface area contributed by atoms with E-state index in [4.69, 9.17) is 4.65 Å². The Kier molecular flexibility index (Phi) is 4.66. The maximum absolute atomic E-state index is 5.98. The Hall–Kier alpha value is -0.755. The van der Waals surface area contributed by atoms with E-state index in [9.17, 15) is 0 Å². The van der Waals surface area contributed by atoms with Gasteiger partial charge in [-0.3, -0.25) is 0 Å². The molecular formula is C16H26BO. The molecule has 0 fully saturated rings. The quantitative estimate of drug-likeness (QED) is 0.736. The van der Waals surface area contributed by atoms with E-state index < -0.39 is 0 Å². The molecule has 1 nitrogen and oxygen atoms in total. The first-order chi connectivity index (χ1) is 8.17. The molecule has 0 saturated heterocycles. The molecule has 0 atom stereocenters. The lowest BCUT2D eigenvalue weighted by Gasteiger charge is -2.39. The van der Waals surface area contributed by atoms with Crippen molar-refractivity contribution in [2.45, 2.75) is 60.5 Å². The zero-order valence-corrected chi connectivity index (χ0v) is 12.9. The number of benzene rings is 1. The van der Waals surface area contributed by atoms with Gasteiger partial charge in [0, 0.05) is 0 Å². The highest BCUT2D eigenvalue weighted by Gasteiger charge is 2.33. The van der Waals surface area contributed by atoms with Gasteiger partial charge in [-0.2, -0.15) is 0 Å². The topological polar surface area (TPSA) is 9.23 Å². The summed E-state index contributed by atoms with van der Waals surface area (Å²) in [5.41, 5.74) is 3.82. The molecule has 0 aromatic heterocycles. The Labute approximate surface area is 113 Å². The van der Waals surface area contributed by atoms with Gasteiger partial charge in [-0.15, -0.1) is 0 Å². The molecule has 0 amide bonds. The van der Waals surface area contributed by atoms with Crippen LogP contribution in [0.5, 0.6) is 0 Å². The highest BCUT2D eigenvalue weighted by molar-refractivity contribution is 6.47. The SMILES string of the molecule is CCc1ccc([B]OC(C)(C)C(C)(C)C)cc1C. The summed E-state index contributed by atoms with van der Waals surface area (Å²) in [6, 6.07) is 6.51. The second-order valence-corrected chi connectivity index (χ2v) is 6.54. The average Bonchev–Trinajstić information content (AvgIpc) is 2.25. The minimum Gasteiger partial charge on any atom is -0.429 e. The molecule has 0 N–H and O–H groups in total. The molecule has 0 unspecified atom stereocenters. The van der Waals surface area contributed by atoms with Gasteiger partial charge >= 0.3 is 7.48 Å². The normalized spacial score (nSPS) is 12.6. The second kappa shape index (κ2) is 5.48. The Balaban J connectivity index is 2.73. The molecule has 1 radical (unpaired) electrons. The van der Waals surface area contributed by atoms with Crippen molar-refractivity contribution in [3.63, 3.8) is 0 Å². The van der Waals surface area contributed by atoms with E-state index in [1.165, 1.54) is 11.1 Å². The lowest BCUT2D eigenvalue weighted by atomic mass is 9.76. The molecule has 0 spiro atoms. The van der Waals surface area contributed by atoms with Crippen molar-refractivity contribution in [3.05, 3.63) is 29.3 Å². The third-order valence-corrected chi connectivity index (χ3v) is 4.04. The van der Waals surface area contributed by atoms with Crippen molar-refractivity contribution in [2.75, 3.05) is 0 Å². The molecule has 2 heteroatoms. The molecule has 0 aliphatic heterocycles. The summed E-state index contributed by atoms with van der Waals surface area (Å²) in [6.07, 6.45) is 1.08. The average molecular weight is 245 g/mol. The first kappa shape index (κ1) is 15.3. The highest BCUT2D eigenvalue weighted by Crippen LogP contribution is 2.32. The van der Waals surface area contributed by atoms with Gasteiger partial charge in [0.2, 0.25) is 0 Å². The van der Waals surface area contributed by atoms with Crippen LogP contribution in [0.15, 0.2) is 18.2 Å². The Morgan fingerprint density at radius 1 is 1.11 bits per heavy atom. The maximum atomic E-state index is 5.98. The van der Waals surface area contributed by atoms with Crippen molar-refractivity contribution in [3.8, 4) is 0 Å². The van der Waals surface area contributed by atoms with Gasteiger partial charge in [0.1, 0.15) is 0 Å². The lowest BCUT2D eigenvalue weighted by Crippen LogP contribution is -2.42. The van der Waals surface area contributed by atoms with Crippen LogP contribution in [0, 0.1) is 12.3 Å². The second-order valence-electron chi connectivity index (χ2n) is 6.54. The summed E-state index contributed by atoms with van der Waals surface area (Å²) in [5, 5.41) is 0. The van der Waals surface area contributed by atoms with Crippen LogP contribution in [0.1, 0.15) is 52.7 Å². The zero-order valence-electron chi connectivity index (χ0n) is 12.9. The fraction of sp³-hybridized carbons (Fsp3) is 0.625. The van der Waals surface area contributed by atoms with Gasteiger partial charge < -0.3 is 4.65 Å². The molecule has 0 aliphatic rings. The molecule has 1 aromatic rings. The van der Waals surface area contributed by atoms with E-state index in [0.717, 1.165) is 11.9 Å². The van der Waals surface area contributed by atoms with Gasteiger partial charge in [0.25, 0.3) is 0 Å². The van der Waals surface area contributed by atoms with Crippen molar-refractivity contribution in [2.24, 2.45) is 5.41 Å². The van der Waals surface area contributed by atoms with E-state index in [1.807, 2.05) is 7.48 Å². The van der Waals surface area contributed by atoms with Crippen LogP contribution in [-0.2, 0) is 11.1 Å². The third kappa shape index (κ3) is 3.62. The predicted octanol–water partition coefficient (Wildman–Crippen LogP) is 3.64. The summed E-state index contributed by atoms with van der Waals surface area (Å²) in [7, 11) is 1.89. The van der Waals surface area contributed by atoms with Crippen LogP contribution in [0.4, 0.5) is 0 Å². The molecule has 1 aromatic carbocycles. The largest absolute Gasteiger partial charge is 0.429 e. The smallest absolute Gasteiger partial charge is 0.330 e. The maximum Gasteiger partial charge on any atom is 0.330 e. The fourth-order valence-electron chi connectivity index (χ4n) is 1.58. The third-order valence-electron chi connectivity index (χ3n) is 4.04. The molecule has 0 saturated carbocycles. The molecule has 99 valence electrons. The van der Waals surface area contributed by atoms with Crippen molar-refractivity contribution >= 4 is 12.9 Å². The van der Waals surface area contributed by atoms with Crippen LogP contribution in [0.2, 0.25) is 0 Å². The summed E-state index contributed by atoms with van der Waals surface area (Å²) >= 11 is 0. The van der Waals surface area contributed by atoms with Crippen molar-refractivity contribution in [1.82, 2.24) is 0 Å². The van der Waals surface area contributed by atoms with E-state index in [1.54, 1.807) is 0 Å². The molecule has 1 rings (SSSR count). The summed E-state index contributed by atoms with van der Waals surface area (Å²) < 4.78 is 5.98. The van der Waals surface area contributed by atoms with Crippen LogP contribution >= 0.6 is 0 Å². The number of hydrogen-bond donors (Lipinski definition) is 0.